The molecule has 2 rings (SSSR count). The van der Waals surface area contributed by atoms with Gasteiger partial charge < -0.3 is 10.5 Å². The summed E-state index contributed by atoms with van der Waals surface area (Å²) in [5.41, 5.74) is 5.87. The summed E-state index contributed by atoms with van der Waals surface area (Å²) in [4.78, 5) is 0. The molecule has 1 fully saturated rings. The van der Waals surface area contributed by atoms with Gasteiger partial charge in [0.1, 0.15) is 11.6 Å². The van der Waals surface area contributed by atoms with Crippen molar-refractivity contribution in [2.75, 3.05) is 0 Å². The molecule has 1 atom stereocenters. The van der Waals surface area contributed by atoms with Crippen LogP contribution in [-0.4, -0.2) is 6.36 Å². The molecule has 0 radical (unpaired) electrons. The Morgan fingerprint density at radius 3 is 2.47 bits per heavy atom. The lowest BCUT2D eigenvalue weighted by Crippen LogP contribution is -2.18. The van der Waals surface area contributed by atoms with Crippen LogP contribution >= 0.6 is 12.4 Å². The van der Waals surface area contributed by atoms with Crippen LogP contribution in [0.4, 0.5) is 17.6 Å². The fraction of sp³-hybridized carbons (Fsp3) is 0.500. The first-order valence-corrected chi connectivity index (χ1v) is 5.66. The summed E-state index contributed by atoms with van der Waals surface area (Å²) < 4.78 is 53.4. The first-order valence-electron chi connectivity index (χ1n) is 5.66. The van der Waals surface area contributed by atoms with Gasteiger partial charge in [0, 0.05) is 11.6 Å². The molecule has 0 spiro atoms. The second-order valence-electron chi connectivity index (χ2n) is 4.52. The minimum atomic E-state index is -4.78. The Morgan fingerprint density at radius 2 is 1.95 bits per heavy atom. The highest BCUT2D eigenvalue weighted by molar-refractivity contribution is 5.85. The lowest BCUT2D eigenvalue weighted by molar-refractivity contribution is -0.274. The zero-order chi connectivity index (χ0) is 13.3. The van der Waals surface area contributed by atoms with E-state index in [-0.39, 0.29) is 18.0 Å². The molecule has 1 aromatic carbocycles. The maximum atomic E-state index is 13.5. The number of benzene rings is 1. The molecular formula is C12H14ClF4NO. The van der Waals surface area contributed by atoms with E-state index in [9.17, 15) is 17.6 Å². The highest BCUT2D eigenvalue weighted by atomic mass is 35.5. The monoisotopic (exact) mass is 299 g/mol. The fourth-order valence-electron chi connectivity index (χ4n) is 1.84. The smallest absolute Gasteiger partial charge is 0.406 e. The summed E-state index contributed by atoms with van der Waals surface area (Å²) in [6.07, 6.45) is -2.09. The van der Waals surface area contributed by atoms with E-state index in [0.717, 1.165) is 31.0 Å². The van der Waals surface area contributed by atoms with Gasteiger partial charge in [-0.1, -0.05) is 12.8 Å². The first-order chi connectivity index (χ1) is 8.35. The predicted molar refractivity (Wildman–Crippen MR) is 64.6 cm³/mol. The van der Waals surface area contributed by atoms with Crippen LogP contribution in [-0.2, 0) is 0 Å². The summed E-state index contributed by atoms with van der Waals surface area (Å²) in [5.74, 6) is -0.575. The molecule has 108 valence electrons. The quantitative estimate of drug-likeness (QED) is 0.855. The van der Waals surface area contributed by atoms with Gasteiger partial charge in [-0.2, -0.15) is 0 Å². The molecule has 1 aromatic rings. The molecular weight excluding hydrogens is 286 g/mol. The van der Waals surface area contributed by atoms with Crippen LogP contribution in [0.1, 0.15) is 30.9 Å². The SMILES string of the molecule is Cl.N[C@H](CC1CC1)c1cc(OC(F)(F)F)ccc1F. The number of ether oxygens (including phenoxy) is 1. The molecule has 0 aromatic heterocycles. The van der Waals surface area contributed by atoms with Crippen LogP contribution < -0.4 is 10.5 Å². The largest absolute Gasteiger partial charge is 0.573 e. The highest BCUT2D eigenvalue weighted by Gasteiger charge is 2.32. The lowest BCUT2D eigenvalue weighted by Gasteiger charge is -2.15. The average Bonchev–Trinajstić information content (AvgIpc) is 3.02. The van der Waals surface area contributed by atoms with Gasteiger partial charge in [0.15, 0.2) is 0 Å². The fourth-order valence-corrected chi connectivity index (χ4v) is 1.84. The molecule has 7 heteroatoms. The van der Waals surface area contributed by atoms with E-state index in [1.54, 1.807) is 0 Å². The van der Waals surface area contributed by atoms with Crippen molar-refractivity contribution in [3.8, 4) is 5.75 Å². The van der Waals surface area contributed by atoms with Crippen molar-refractivity contribution in [2.45, 2.75) is 31.7 Å². The van der Waals surface area contributed by atoms with E-state index in [4.69, 9.17) is 5.73 Å². The predicted octanol–water partition coefficient (Wildman–Crippen LogP) is 3.95. The van der Waals surface area contributed by atoms with Gasteiger partial charge in [-0.3, -0.25) is 0 Å². The van der Waals surface area contributed by atoms with Crippen LogP contribution in [0.5, 0.6) is 5.75 Å². The first kappa shape index (κ1) is 16.0. The van der Waals surface area contributed by atoms with Crippen LogP contribution in [0.3, 0.4) is 0 Å². The minimum Gasteiger partial charge on any atom is -0.406 e. The van der Waals surface area contributed by atoms with Crippen molar-refractivity contribution in [1.29, 1.82) is 0 Å². The standard InChI is InChI=1S/C12H13F4NO.ClH/c13-10-4-3-8(18-12(14,15)16)6-9(10)11(17)5-7-1-2-7;/h3-4,6-7,11H,1-2,5,17H2;1H/t11-;/m1./s1. The molecule has 1 aliphatic rings. The maximum absolute atomic E-state index is 13.5. The maximum Gasteiger partial charge on any atom is 0.573 e. The highest BCUT2D eigenvalue weighted by Crippen LogP contribution is 2.38. The minimum absolute atomic E-state index is 0. The van der Waals surface area contributed by atoms with Gasteiger partial charge in [-0.05, 0) is 30.5 Å². The average molecular weight is 300 g/mol. The molecule has 1 aliphatic carbocycles. The number of hydrogen-bond acceptors (Lipinski definition) is 2. The number of rotatable bonds is 4. The second kappa shape index (κ2) is 5.96. The molecule has 0 heterocycles. The summed E-state index contributed by atoms with van der Waals surface area (Å²) in [6, 6.07) is 2.32. The Labute approximate surface area is 114 Å². The van der Waals surface area contributed by atoms with Gasteiger partial charge in [-0.15, -0.1) is 25.6 Å². The second-order valence-corrected chi connectivity index (χ2v) is 4.52. The lowest BCUT2D eigenvalue weighted by atomic mass is 10.0. The van der Waals surface area contributed by atoms with Gasteiger partial charge in [0.25, 0.3) is 0 Å². The topological polar surface area (TPSA) is 35.2 Å². The molecule has 1 saturated carbocycles. The summed E-state index contributed by atoms with van der Waals surface area (Å²) >= 11 is 0. The van der Waals surface area contributed by atoms with Crippen molar-refractivity contribution in [3.05, 3.63) is 29.6 Å². The third kappa shape index (κ3) is 4.87. The Hall–Kier alpha value is -1.01. The zero-order valence-electron chi connectivity index (χ0n) is 9.91. The number of nitrogens with two attached hydrogens (primary N) is 1. The summed E-state index contributed by atoms with van der Waals surface area (Å²) in [7, 11) is 0. The Balaban J connectivity index is 0.00000180. The Kier molecular flexibility index (Phi) is 5.04. The van der Waals surface area contributed by atoms with Crippen molar-refractivity contribution in [1.82, 2.24) is 0 Å². The number of alkyl halides is 3. The van der Waals surface area contributed by atoms with Gasteiger partial charge in [0.05, 0.1) is 0 Å². The van der Waals surface area contributed by atoms with E-state index >= 15 is 0 Å². The summed E-state index contributed by atoms with van der Waals surface area (Å²) in [5, 5.41) is 0. The normalized spacial score (nSPS) is 16.7. The van der Waals surface area contributed by atoms with Crippen LogP contribution in [0.2, 0.25) is 0 Å². The number of hydrogen-bond donors (Lipinski definition) is 1. The molecule has 0 aliphatic heterocycles. The van der Waals surface area contributed by atoms with Gasteiger partial charge >= 0.3 is 6.36 Å². The Morgan fingerprint density at radius 1 is 1.32 bits per heavy atom. The van der Waals surface area contributed by atoms with E-state index in [1.807, 2.05) is 0 Å². The third-order valence-electron chi connectivity index (χ3n) is 2.88. The van der Waals surface area contributed by atoms with E-state index in [1.165, 1.54) is 0 Å². The van der Waals surface area contributed by atoms with E-state index in [0.29, 0.717) is 12.3 Å². The zero-order valence-corrected chi connectivity index (χ0v) is 10.7. The Bertz CT molecular complexity index is 434. The molecule has 19 heavy (non-hydrogen) atoms. The number of halogens is 5. The summed E-state index contributed by atoms with van der Waals surface area (Å²) in [6.45, 7) is 0. The van der Waals surface area contributed by atoms with Crippen LogP contribution in [0.15, 0.2) is 18.2 Å². The molecule has 0 bridgehead atoms. The van der Waals surface area contributed by atoms with Crippen LogP contribution in [0.25, 0.3) is 0 Å². The van der Waals surface area contributed by atoms with E-state index < -0.39 is 24.0 Å². The van der Waals surface area contributed by atoms with E-state index in [2.05, 4.69) is 4.74 Å². The van der Waals surface area contributed by atoms with Crippen molar-refractivity contribution >= 4 is 12.4 Å². The van der Waals surface area contributed by atoms with Crippen molar-refractivity contribution in [3.63, 3.8) is 0 Å². The third-order valence-corrected chi connectivity index (χ3v) is 2.88. The van der Waals surface area contributed by atoms with Gasteiger partial charge in [-0.25, -0.2) is 4.39 Å². The molecule has 0 saturated heterocycles. The molecule has 2 N–H and O–H groups in total. The van der Waals surface area contributed by atoms with Crippen molar-refractivity contribution < 1.29 is 22.3 Å². The van der Waals surface area contributed by atoms with Crippen molar-refractivity contribution in [2.24, 2.45) is 11.7 Å². The van der Waals surface area contributed by atoms with Crippen LogP contribution in [0, 0.1) is 11.7 Å². The molecule has 0 amide bonds. The molecule has 0 unspecified atom stereocenters. The molecule has 2 nitrogen and oxygen atoms in total. The van der Waals surface area contributed by atoms with Gasteiger partial charge in [0.2, 0.25) is 0 Å².